The number of aryl methyl sites for hydroxylation is 2. The van der Waals surface area contributed by atoms with Gasteiger partial charge in [-0.2, -0.15) is 0 Å². The molecule has 2 heterocycles. The van der Waals surface area contributed by atoms with E-state index in [1.54, 1.807) is 0 Å². The molecule has 370 valence electrons. The topological polar surface area (TPSA) is 71.0 Å². The first-order chi connectivity index (χ1) is 32.9. The zero-order valence-corrected chi connectivity index (χ0v) is 47.3. The Labute approximate surface area is 427 Å². The molecule has 0 aliphatic rings. The van der Waals surface area contributed by atoms with E-state index in [9.17, 15) is 0 Å². The second-order valence-corrected chi connectivity index (χ2v) is 24.7. The van der Waals surface area contributed by atoms with Crippen LogP contribution in [0.15, 0.2) is 102 Å². The molecule has 0 saturated heterocycles. The Morgan fingerprint density at radius 2 is 0.686 bits per heavy atom. The number of hydrogen-bond donors (Lipinski definition) is 0. The lowest BCUT2D eigenvalue weighted by molar-refractivity contribution is 0.446. The largest absolute Gasteiger partial charge is 0.453 e. The van der Waals surface area contributed by atoms with E-state index >= 15 is 0 Å². The summed E-state index contributed by atoms with van der Waals surface area (Å²) in [5, 5.41) is 4.64. The molecule has 0 unspecified atom stereocenters. The first kappa shape index (κ1) is 51.6. The van der Waals surface area contributed by atoms with E-state index in [0.29, 0.717) is 43.9 Å². The van der Waals surface area contributed by atoms with Crippen molar-refractivity contribution in [1.82, 2.24) is 0 Å². The lowest BCUT2D eigenvalue weighted by atomic mass is 9.69. The number of benzene rings is 6. The van der Waals surface area contributed by atoms with Crippen molar-refractivity contribution in [2.45, 2.75) is 158 Å². The number of fused-ring (bicyclic) bond motifs is 6. The highest BCUT2D eigenvalue weighted by Crippen LogP contribution is 2.57. The second-order valence-electron chi connectivity index (χ2n) is 21.8. The van der Waals surface area contributed by atoms with Crippen molar-refractivity contribution in [2.24, 2.45) is 0 Å². The van der Waals surface area contributed by atoms with Gasteiger partial charge in [0.05, 0.1) is 0 Å². The molecule has 8 aromatic rings. The first-order valence-corrected chi connectivity index (χ1v) is 27.7. The summed E-state index contributed by atoms with van der Waals surface area (Å²) in [6, 6.07) is 28.6. The van der Waals surface area contributed by atoms with Crippen molar-refractivity contribution >= 4 is 83.6 Å². The van der Waals surface area contributed by atoms with Gasteiger partial charge in [0.1, 0.15) is 33.8 Å². The predicted molar refractivity (Wildman–Crippen MR) is 299 cm³/mol. The Balaban J connectivity index is 1.59. The molecule has 6 aromatic carbocycles. The van der Waals surface area contributed by atoms with Crippen molar-refractivity contribution in [3.63, 3.8) is 0 Å². The van der Waals surface area contributed by atoms with Gasteiger partial charge in [-0.05, 0) is 158 Å². The summed E-state index contributed by atoms with van der Waals surface area (Å²) in [5.41, 5.74) is 12.4. The van der Waals surface area contributed by atoms with Crippen LogP contribution in [0.25, 0.3) is 55.0 Å². The van der Waals surface area contributed by atoms with E-state index in [-0.39, 0.29) is 21.7 Å². The predicted octanol–water partition coefficient (Wildman–Crippen LogP) is 21.5. The van der Waals surface area contributed by atoms with E-state index in [1.165, 1.54) is 11.1 Å². The Kier molecular flexibility index (Phi) is 14.3. The molecule has 0 saturated carbocycles. The standard InChI is InChI=1S/C60H70Cl2O6P2/c1-17-57(9,10)45-33-47(59(13,14)19-3)55(67-69-63-49-25-21-35(5)29-41(49)42-30-36(6)22-26-50(42)64-69)53(37(45)7)54-38(8)46(58(11,12)18-2)34-48(60(15,16)20-4)56(54)68-70-65-51-27-23-39(61)31-43(51)44-32-40(62)24-28-52(44)66-70/h21-34H,17-20H2,1-16H3. The maximum absolute atomic E-state index is 7.62. The average molecular weight is 1020 g/mol. The number of halogens is 2. The summed E-state index contributed by atoms with van der Waals surface area (Å²) in [5.74, 6) is 1.40. The van der Waals surface area contributed by atoms with Crippen molar-refractivity contribution in [3.05, 3.63) is 139 Å². The normalized spacial score (nSPS) is 12.7. The van der Waals surface area contributed by atoms with Gasteiger partial charge in [-0.3, -0.25) is 0 Å². The van der Waals surface area contributed by atoms with Gasteiger partial charge in [0, 0.05) is 53.8 Å². The summed E-state index contributed by atoms with van der Waals surface area (Å²) in [6.07, 6.45) is 3.52. The number of rotatable bonds is 13. The van der Waals surface area contributed by atoms with Gasteiger partial charge in [0.15, 0.2) is 0 Å². The van der Waals surface area contributed by atoms with E-state index < -0.39 is 16.5 Å². The molecule has 0 bridgehead atoms. The zero-order valence-electron chi connectivity index (χ0n) is 44.0. The minimum Gasteiger partial charge on any atom is -0.390 e. The highest BCUT2D eigenvalue weighted by atomic mass is 35.5. The van der Waals surface area contributed by atoms with Gasteiger partial charge in [0.2, 0.25) is 0 Å². The molecule has 0 amide bonds. The molecule has 70 heavy (non-hydrogen) atoms. The van der Waals surface area contributed by atoms with Crippen LogP contribution in [0.3, 0.4) is 0 Å². The lowest BCUT2D eigenvalue weighted by Gasteiger charge is -2.36. The van der Waals surface area contributed by atoms with E-state index in [4.69, 9.17) is 49.0 Å². The van der Waals surface area contributed by atoms with E-state index in [0.717, 1.165) is 91.7 Å². The van der Waals surface area contributed by atoms with Crippen LogP contribution >= 0.6 is 39.7 Å². The summed E-state index contributed by atoms with van der Waals surface area (Å²) >= 11 is 13.3. The molecule has 0 fully saturated rings. The molecule has 0 N–H and O–H groups in total. The molecule has 10 heteroatoms. The van der Waals surface area contributed by atoms with Crippen LogP contribution in [0, 0.1) is 27.7 Å². The molecule has 0 radical (unpaired) electrons. The van der Waals surface area contributed by atoms with Gasteiger partial charge < -0.3 is 25.8 Å². The SMILES string of the molecule is CCC(C)(C)c1cc(C(C)(C)CC)c(Op2oc3ccc(C)cc3c3cc(C)ccc3o2)c(-c2c(C)c(C(C)(C)CC)cc(C(C)(C)CC)c2Op2oc3ccc(Cl)cc3c3cc(Cl)ccc3o2)c1C. The third-order valence-corrected chi connectivity index (χ3v) is 18.1. The van der Waals surface area contributed by atoms with Gasteiger partial charge in [-0.1, -0.05) is 142 Å². The molecule has 2 aromatic heterocycles. The van der Waals surface area contributed by atoms with Gasteiger partial charge in [-0.25, -0.2) is 0 Å². The monoisotopic (exact) mass is 1020 g/mol. The Morgan fingerprint density at radius 3 is 1.00 bits per heavy atom. The molecule has 0 aliphatic carbocycles. The van der Waals surface area contributed by atoms with Crippen LogP contribution in [0.4, 0.5) is 0 Å². The third kappa shape index (κ3) is 9.68. The Hall–Kier alpha value is -4.70. The summed E-state index contributed by atoms with van der Waals surface area (Å²) in [4.78, 5) is 0. The van der Waals surface area contributed by atoms with Crippen LogP contribution in [-0.4, -0.2) is 0 Å². The lowest BCUT2D eigenvalue weighted by Crippen LogP contribution is -2.24. The van der Waals surface area contributed by atoms with E-state index in [2.05, 4.69) is 147 Å². The summed E-state index contributed by atoms with van der Waals surface area (Å²) < 4.78 is 43.0. The molecular formula is C60H70Cl2O6P2. The molecule has 8 rings (SSSR count). The van der Waals surface area contributed by atoms with Crippen molar-refractivity contribution in [3.8, 4) is 22.6 Å². The van der Waals surface area contributed by atoms with Crippen molar-refractivity contribution in [2.75, 3.05) is 0 Å². The second kappa shape index (κ2) is 19.4. The minimum absolute atomic E-state index is 0.210. The first-order valence-electron chi connectivity index (χ1n) is 24.8. The van der Waals surface area contributed by atoms with Gasteiger partial charge in [0.25, 0.3) is 0 Å². The third-order valence-electron chi connectivity index (χ3n) is 15.5. The van der Waals surface area contributed by atoms with Crippen molar-refractivity contribution < 1.29 is 25.8 Å². The van der Waals surface area contributed by atoms with Crippen LogP contribution < -0.4 is 9.05 Å². The summed E-state index contributed by atoms with van der Waals surface area (Å²) in [7, 11) is -4.21. The van der Waals surface area contributed by atoms with E-state index in [1.807, 2.05) is 48.5 Å². The number of hydrogen-bond acceptors (Lipinski definition) is 6. The zero-order chi connectivity index (χ0) is 50.8. The molecule has 0 spiro atoms. The molecular weight excluding hydrogens is 950 g/mol. The maximum atomic E-state index is 7.62. The fourth-order valence-electron chi connectivity index (χ4n) is 9.51. The van der Waals surface area contributed by atoms with Crippen LogP contribution in [0.5, 0.6) is 11.5 Å². The summed E-state index contributed by atoms with van der Waals surface area (Å²) in [6.45, 7) is 36.3. The quantitative estimate of drug-likeness (QED) is 0.115. The molecule has 0 atom stereocenters. The van der Waals surface area contributed by atoms with Crippen LogP contribution in [-0.2, 0) is 21.7 Å². The molecule has 0 aliphatic heterocycles. The fraction of sp³-hybridized carbons (Fsp3) is 0.400. The Morgan fingerprint density at radius 1 is 0.400 bits per heavy atom. The minimum atomic E-state index is -2.14. The molecule has 6 nitrogen and oxygen atoms in total. The van der Waals surface area contributed by atoms with Crippen LogP contribution in [0.1, 0.15) is 153 Å². The van der Waals surface area contributed by atoms with Crippen LogP contribution in [0.2, 0.25) is 10.0 Å². The van der Waals surface area contributed by atoms with Gasteiger partial charge in [-0.15, -0.1) is 0 Å². The van der Waals surface area contributed by atoms with Crippen molar-refractivity contribution in [1.29, 1.82) is 0 Å². The smallest absolute Gasteiger partial charge is 0.390 e. The highest BCUT2D eigenvalue weighted by Gasteiger charge is 2.38. The Bertz CT molecular complexity index is 3060. The fourth-order valence-corrected chi connectivity index (χ4v) is 12.0. The van der Waals surface area contributed by atoms with Gasteiger partial charge >= 0.3 is 16.5 Å². The maximum Gasteiger partial charge on any atom is 0.453 e. The highest BCUT2D eigenvalue weighted by molar-refractivity contribution is 7.32. The average Bonchev–Trinajstić information content (AvgIpc) is 3.55.